The topological polar surface area (TPSA) is 67.2 Å². The molecule has 2 amide bonds. The van der Waals surface area contributed by atoms with E-state index < -0.39 is 0 Å². The Morgan fingerprint density at radius 3 is 2.61 bits per heavy atom. The zero-order valence-corrected chi connectivity index (χ0v) is 15.5. The Morgan fingerprint density at radius 1 is 0.964 bits per heavy atom. The maximum atomic E-state index is 12.7. The Bertz CT molecular complexity index is 967. The minimum Gasteiger partial charge on any atom is -0.347 e. The van der Waals surface area contributed by atoms with Crippen LogP contribution in [0.2, 0.25) is 0 Å². The fourth-order valence-corrected chi connectivity index (χ4v) is 3.51. The molecule has 1 aliphatic rings. The van der Waals surface area contributed by atoms with E-state index in [4.69, 9.17) is 0 Å². The van der Waals surface area contributed by atoms with Crippen LogP contribution in [0.3, 0.4) is 0 Å². The van der Waals surface area contributed by atoms with Crippen LogP contribution in [0, 0.1) is 0 Å². The van der Waals surface area contributed by atoms with E-state index in [1.54, 1.807) is 12.4 Å². The lowest BCUT2D eigenvalue weighted by Crippen LogP contribution is -2.34. The van der Waals surface area contributed by atoms with Crippen molar-refractivity contribution in [2.45, 2.75) is 19.5 Å². The van der Waals surface area contributed by atoms with Crippen LogP contribution < -0.4 is 5.32 Å². The third-order valence-corrected chi connectivity index (χ3v) is 5.02. The van der Waals surface area contributed by atoms with Crippen molar-refractivity contribution in [1.82, 2.24) is 19.8 Å². The quantitative estimate of drug-likeness (QED) is 0.763. The molecule has 1 aliphatic heterocycles. The Morgan fingerprint density at radius 2 is 1.82 bits per heavy atom. The van der Waals surface area contributed by atoms with E-state index >= 15 is 0 Å². The molecule has 0 atom stereocenters. The van der Waals surface area contributed by atoms with Gasteiger partial charge in [0.1, 0.15) is 5.69 Å². The summed E-state index contributed by atoms with van der Waals surface area (Å²) < 4.78 is 2.02. The summed E-state index contributed by atoms with van der Waals surface area (Å²) in [5, 5.41) is 2.95. The van der Waals surface area contributed by atoms with E-state index in [0.717, 1.165) is 17.7 Å². The largest absolute Gasteiger partial charge is 0.347 e. The third-order valence-electron chi connectivity index (χ3n) is 5.02. The second kappa shape index (κ2) is 8.08. The van der Waals surface area contributed by atoms with E-state index in [0.29, 0.717) is 37.4 Å². The number of rotatable bonds is 4. The van der Waals surface area contributed by atoms with Gasteiger partial charge >= 0.3 is 0 Å². The number of hydrogen-bond acceptors (Lipinski definition) is 3. The summed E-state index contributed by atoms with van der Waals surface area (Å²) in [6.45, 7) is 2.27. The number of nitrogens with one attached hydrogen (secondary N) is 1. The Balaban J connectivity index is 1.43. The Labute approximate surface area is 163 Å². The molecule has 0 fully saturated rings. The minimum atomic E-state index is -0.113. The van der Waals surface area contributed by atoms with Gasteiger partial charge in [-0.05, 0) is 35.9 Å². The number of pyridine rings is 1. The highest BCUT2D eigenvalue weighted by atomic mass is 16.2. The Hall–Kier alpha value is -3.41. The molecular formula is C22H22N4O2. The third kappa shape index (κ3) is 3.81. The molecule has 2 aromatic heterocycles. The van der Waals surface area contributed by atoms with Gasteiger partial charge in [-0.15, -0.1) is 0 Å². The van der Waals surface area contributed by atoms with Gasteiger partial charge in [-0.1, -0.05) is 24.3 Å². The summed E-state index contributed by atoms with van der Waals surface area (Å²) in [4.78, 5) is 31.3. The number of fused-ring (bicyclic) bond motifs is 1. The van der Waals surface area contributed by atoms with Gasteiger partial charge in [0, 0.05) is 56.3 Å². The molecule has 6 nitrogen and oxygen atoms in total. The molecule has 28 heavy (non-hydrogen) atoms. The number of amides is 2. The molecule has 0 spiro atoms. The molecular weight excluding hydrogens is 352 g/mol. The maximum absolute atomic E-state index is 12.7. The predicted octanol–water partition coefficient (Wildman–Crippen LogP) is 2.51. The fraction of sp³-hybridized carbons (Fsp3) is 0.227. The van der Waals surface area contributed by atoms with Gasteiger partial charge in [0.2, 0.25) is 0 Å². The van der Waals surface area contributed by atoms with E-state index in [9.17, 15) is 9.59 Å². The predicted molar refractivity (Wildman–Crippen MR) is 106 cm³/mol. The summed E-state index contributed by atoms with van der Waals surface area (Å²) in [5.74, 6) is -0.0770. The maximum Gasteiger partial charge on any atom is 0.268 e. The molecule has 1 aromatic carbocycles. The van der Waals surface area contributed by atoms with Gasteiger partial charge in [-0.25, -0.2) is 0 Å². The molecule has 3 aromatic rings. The van der Waals surface area contributed by atoms with Crippen molar-refractivity contribution in [1.29, 1.82) is 0 Å². The van der Waals surface area contributed by atoms with Gasteiger partial charge in [-0.2, -0.15) is 0 Å². The lowest BCUT2D eigenvalue weighted by atomic mass is 10.2. The van der Waals surface area contributed by atoms with Gasteiger partial charge < -0.3 is 14.8 Å². The highest BCUT2D eigenvalue weighted by molar-refractivity contribution is 5.94. The van der Waals surface area contributed by atoms with E-state index in [1.165, 1.54) is 0 Å². The first-order chi connectivity index (χ1) is 13.7. The van der Waals surface area contributed by atoms with Crippen LogP contribution in [0.25, 0.3) is 0 Å². The molecule has 1 N–H and O–H groups in total. The summed E-state index contributed by atoms with van der Waals surface area (Å²) in [5.41, 5.74) is 3.37. The molecule has 0 saturated carbocycles. The average molecular weight is 374 g/mol. The average Bonchev–Trinajstić information content (AvgIpc) is 3.04. The van der Waals surface area contributed by atoms with Crippen LogP contribution in [0.5, 0.6) is 0 Å². The summed E-state index contributed by atoms with van der Waals surface area (Å²) in [6, 6.07) is 17.0. The summed E-state index contributed by atoms with van der Waals surface area (Å²) >= 11 is 0. The molecule has 0 unspecified atom stereocenters. The van der Waals surface area contributed by atoms with Crippen LogP contribution in [-0.4, -0.2) is 39.4 Å². The number of carbonyl (C=O) groups excluding carboxylic acids is 2. The van der Waals surface area contributed by atoms with Crippen LogP contribution in [0.4, 0.5) is 0 Å². The Kier molecular flexibility index (Phi) is 5.19. The first kappa shape index (κ1) is 18.0. The second-order valence-electron chi connectivity index (χ2n) is 6.81. The molecule has 0 bridgehead atoms. The van der Waals surface area contributed by atoms with E-state index in [1.807, 2.05) is 64.1 Å². The zero-order chi connectivity index (χ0) is 19.3. The van der Waals surface area contributed by atoms with Crippen molar-refractivity contribution in [3.63, 3.8) is 0 Å². The normalized spacial score (nSPS) is 13.5. The first-order valence-electron chi connectivity index (χ1n) is 9.42. The van der Waals surface area contributed by atoms with Gasteiger partial charge in [0.05, 0.1) is 0 Å². The fourth-order valence-electron chi connectivity index (χ4n) is 3.51. The van der Waals surface area contributed by atoms with Crippen molar-refractivity contribution in [3.8, 4) is 0 Å². The highest BCUT2D eigenvalue weighted by Crippen LogP contribution is 2.16. The van der Waals surface area contributed by atoms with Crippen molar-refractivity contribution < 1.29 is 9.59 Å². The first-order valence-corrected chi connectivity index (χ1v) is 9.42. The van der Waals surface area contributed by atoms with Crippen molar-refractivity contribution in [3.05, 3.63) is 89.5 Å². The summed E-state index contributed by atoms with van der Waals surface area (Å²) in [6.07, 6.45) is 4.18. The van der Waals surface area contributed by atoms with Crippen LogP contribution in [-0.2, 0) is 19.5 Å². The number of aromatic nitrogens is 2. The molecule has 3 heterocycles. The number of hydrogen-bond donors (Lipinski definition) is 1. The summed E-state index contributed by atoms with van der Waals surface area (Å²) in [7, 11) is 0. The molecule has 6 heteroatoms. The van der Waals surface area contributed by atoms with Gasteiger partial charge in [0.15, 0.2) is 0 Å². The van der Waals surface area contributed by atoms with Crippen molar-refractivity contribution in [2.24, 2.45) is 0 Å². The lowest BCUT2D eigenvalue weighted by molar-refractivity contribution is 0.0759. The molecule has 0 saturated heterocycles. The lowest BCUT2D eigenvalue weighted by Gasteiger charge is -2.20. The van der Waals surface area contributed by atoms with E-state index in [2.05, 4.69) is 10.3 Å². The standard InChI is InChI=1S/C22H22N4O2/c27-21(24-16-17-5-4-11-23-15-17)20-9-8-19-10-12-25(13-14-26(19)20)22(28)18-6-2-1-3-7-18/h1-9,11,15H,10,12-14,16H2,(H,24,27). The van der Waals surface area contributed by atoms with Gasteiger partial charge in [0.25, 0.3) is 11.8 Å². The van der Waals surface area contributed by atoms with Crippen molar-refractivity contribution in [2.75, 3.05) is 13.1 Å². The highest BCUT2D eigenvalue weighted by Gasteiger charge is 2.22. The zero-order valence-electron chi connectivity index (χ0n) is 15.5. The smallest absolute Gasteiger partial charge is 0.268 e. The number of nitrogens with zero attached hydrogens (tertiary/aromatic N) is 3. The monoisotopic (exact) mass is 374 g/mol. The van der Waals surface area contributed by atoms with Crippen LogP contribution in [0.15, 0.2) is 67.0 Å². The van der Waals surface area contributed by atoms with Crippen molar-refractivity contribution >= 4 is 11.8 Å². The SMILES string of the molecule is O=C(NCc1cccnc1)c1ccc2n1CCN(C(=O)c1ccccc1)CC2. The van der Waals surface area contributed by atoms with Gasteiger partial charge in [-0.3, -0.25) is 14.6 Å². The number of benzene rings is 1. The molecule has 0 aliphatic carbocycles. The number of carbonyl (C=O) groups is 2. The second-order valence-corrected chi connectivity index (χ2v) is 6.81. The molecule has 4 rings (SSSR count). The minimum absolute atomic E-state index is 0.0360. The van der Waals surface area contributed by atoms with Crippen LogP contribution >= 0.6 is 0 Å². The van der Waals surface area contributed by atoms with Crippen LogP contribution in [0.1, 0.15) is 32.1 Å². The molecule has 142 valence electrons. The van der Waals surface area contributed by atoms with E-state index in [-0.39, 0.29) is 11.8 Å². The molecule has 0 radical (unpaired) electrons.